The number of rotatable bonds is 12. The summed E-state index contributed by atoms with van der Waals surface area (Å²) in [5.41, 5.74) is 26.8. The Morgan fingerprint density at radius 1 is 0.214 bits per heavy atom. The van der Waals surface area contributed by atoms with Crippen LogP contribution in [-0.4, -0.2) is 28.4 Å². The van der Waals surface area contributed by atoms with Crippen LogP contribution in [0.1, 0.15) is 316 Å². The summed E-state index contributed by atoms with van der Waals surface area (Å²) in [6, 6.07) is 55.1. The van der Waals surface area contributed by atoms with E-state index in [9.17, 15) is 0 Å². The maximum atomic E-state index is 7.50. The maximum absolute atomic E-state index is 7.50. The van der Waals surface area contributed by atoms with Crippen LogP contribution in [0.15, 0.2) is 146 Å². The van der Waals surface area contributed by atoms with Gasteiger partial charge in [-0.05, 0) is 203 Å². The Kier molecular flexibility index (Phi) is 38.8. The van der Waals surface area contributed by atoms with Gasteiger partial charge in [-0.1, -0.05) is 379 Å². The van der Waals surface area contributed by atoms with Crippen LogP contribution in [0.5, 0.6) is 23.0 Å². The molecule has 126 heavy (non-hydrogen) atoms. The summed E-state index contributed by atoms with van der Waals surface area (Å²) in [7, 11) is 31.3. The predicted molar refractivity (Wildman–Crippen MR) is 546 cm³/mol. The van der Waals surface area contributed by atoms with Crippen molar-refractivity contribution in [2.24, 2.45) is 0 Å². The van der Waals surface area contributed by atoms with Crippen LogP contribution < -0.4 is 40.2 Å². The Bertz CT molecular complexity index is 4800. The van der Waals surface area contributed by atoms with E-state index in [1.165, 1.54) is 185 Å². The van der Waals surface area contributed by atoms with Gasteiger partial charge in [0.2, 0.25) is 0 Å². The number of hydrogen-bond acceptors (Lipinski definition) is 4. The molecule has 0 aliphatic rings. The molecule has 684 valence electrons. The number of methoxy groups -OCH3 is 4. The van der Waals surface area contributed by atoms with Gasteiger partial charge >= 0.3 is 91.7 Å². The van der Waals surface area contributed by atoms with Crippen molar-refractivity contribution < 1.29 is 58.5 Å². The van der Waals surface area contributed by atoms with Gasteiger partial charge < -0.3 is 18.9 Å². The molecule has 0 spiro atoms. The van der Waals surface area contributed by atoms with E-state index in [0.717, 1.165) is 23.0 Å². The Balaban J connectivity index is 0.000000406. The van der Waals surface area contributed by atoms with Crippen molar-refractivity contribution in [3.63, 3.8) is 0 Å². The summed E-state index contributed by atoms with van der Waals surface area (Å²) >= 11 is -0.691. The van der Waals surface area contributed by atoms with Crippen molar-refractivity contribution in [3.05, 3.63) is 245 Å². The fraction of sp³-hybridized carbons (Fsp3) is 0.473. The molecule has 10 aromatic carbocycles. The average Bonchev–Trinajstić information content (AvgIpc) is 0.717. The SMILES string of the molecule is COc1ccc(-c2c(-c3ccc(OC)cc3)c(=Pc3c(C(C)(C)C)cc(C(C)(C)C)cc3C(C)(C)C)c2=Pc2c(C(C)(C)C)cc(C(C)(C)C)cc2C(C)(C)C)cc1.COc1ccc(-c2c(-c3ccc(OC)cc3)c(=Pc3c(C(C)(C)C)cc(C(C)(C)C)cc3C(C)(C)C)c2=Pc2c(C(C)(C)C)cc(C(C)(C)C)cc2C(C)(C)C)cc1.[C-]#[O+].[C-]#[O+].[Cl][Ru][Cl].[Cl][Ru][Cl]. The zero-order valence-electron chi connectivity index (χ0n) is 83.3. The van der Waals surface area contributed by atoms with E-state index in [1.807, 2.05) is 0 Å². The zero-order chi connectivity index (χ0) is 96.5. The second-order valence-corrected chi connectivity index (χ2v) is 54.8. The quantitative estimate of drug-likeness (QED) is 0.0529. The molecule has 0 bridgehead atoms. The molecular weight excluding hydrogens is 1890 g/mol. The van der Waals surface area contributed by atoms with E-state index < -0.39 is 0 Å². The van der Waals surface area contributed by atoms with E-state index in [0.29, 0.717) is 0 Å². The molecule has 0 N–H and O–H groups in total. The van der Waals surface area contributed by atoms with Gasteiger partial charge in [0.15, 0.2) is 0 Å². The first-order valence-corrected chi connectivity index (χ1v) is 55.6. The normalized spacial score (nSPS) is 13.3. The fourth-order valence-electron chi connectivity index (χ4n) is 15.2. The van der Waals surface area contributed by atoms with Gasteiger partial charge in [0.05, 0.1) is 28.4 Å². The first kappa shape index (κ1) is 112. The minimum absolute atomic E-state index is 0.0244. The zero-order valence-corrected chi connectivity index (χ0v) is 93.4. The number of benzene rings is 8. The molecule has 0 amide bonds. The van der Waals surface area contributed by atoms with Crippen LogP contribution in [-0.2, 0) is 105 Å². The van der Waals surface area contributed by atoms with E-state index in [-0.39, 0.29) is 95.3 Å². The Hall–Kier alpha value is -4.99. The summed E-state index contributed by atoms with van der Waals surface area (Å²) < 4.78 is 37.7. The predicted octanol–water partition coefficient (Wildman–Crippen LogP) is 33.3. The molecule has 0 saturated heterocycles. The van der Waals surface area contributed by atoms with Crippen molar-refractivity contribution >= 4 is 92.8 Å². The molecule has 6 nitrogen and oxygen atoms in total. The number of hydrogen-bond donors (Lipinski definition) is 0. The third-order valence-corrected chi connectivity index (χ3v) is 28.5. The van der Waals surface area contributed by atoms with E-state index in [2.05, 4.69) is 408 Å². The third kappa shape index (κ3) is 28.1. The van der Waals surface area contributed by atoms with Crippen LogP contribution in [0.4, 0.5) is 0 Å². The first-order chi connectivity index (χ1) is 57.8. The summed E-state index contributed by atoms with van der Waals surface area (Å²) in [5.74, 6) is 3.45. The molecule has 0 atom stereocenters. The van der Waals surface area contributed by atoms with Crippen LogP contribution in [0.2, 0.25) is 0 Å². The van der Waals surface area contributed by atoms with Gasteiger partial charge in [0.25, 0.3) is 0 Å². The molecule has 16 heteroatoms. The number of ether oxygens (including phenoxy) is 4. The van der Waals surface area contributed by atoms with Crippen molar-refractivity contribution in [3.8, 4) is 67.5 Å². The van der Waals surface area contributed by atoms with Gasteiger partial charge in [0.1, 0.15) is 23.0 Å². The molecule has 0 fully saturated rings. The molecule has 0 aliphatic carbocycles. The molecule has 10 aromatic rings. The van der Waals surface area contributed by atoms with Crippen molar-refractivity contribution in [2.75, 3.05) is 28.4 Å². The Morgan fingerprint density at radius 2 is 0.325 bits per heavy atom. The minimum atomic E-state index is -0.346. The molecule has 0 aromatic heterocycles. The van der Waals surface area contributed by atoms with Crippen molar-refractivity contribution in [1.29, 1.82) is 0 Å². The van der Waals surface area contributed by atoms with Gasteiger partial charge in [0, 0.05) is 63.2 Å². The molecule has 0 radical (unpaired) electrons. The topological polar surface area (TPSA) is 76.7 Å². The average molecular weight is 2030 g/mol. The summed E-state index contributed by atoms with van der Waals surface area (Å²) in [6.07, 6.45) is 0. The van der Waals surface area contributed by atoms with Gasteiger partial charge in [-0.15, -0.1) is 0 Å². The van der Waals surface area contributed by atoms with Crippen LogP contribution >= 0.6 is 71.6 Å². The summed E-state index contributed by atoms with van der Waals surface area (Å²) in [5, 5.41) is 5.74. The van der Waals surface area contributed by atoms with Crippen LogP contribution in [0.3, 0.4) is 0 Å². The molecule has 0 aliphatic heterocycles. The van der Waals surface area contributed by atoms with E-state index >= 15 is 0 Å². The van der Waals surface area contributed by atoms with Crippen molar-refractivity contribution in [1.82, 2.24) is 0 Å². The molecule has 0 unspecified atom stereocenters. The summed E-state index contributed by atoms with van der Waals surface area (Å²) in [4.78, 5) is 5.60. The van der Waals surface area contributed by atoms with Gasteiger partial charge in [-0.2, -0.15) is 0 Å². The monoisotopic (exact) mass is 2030 g/mol. The molecule has 10 rings (SSSR count). The Labute approximate surface area is 799 Å². The number of halogens is 4. The molecular formula is C110H144Cl4O6P4Ru2. The third-order valence-electron chi connectivity index (χ3n) is 22.7. The van der Waals surface area contributed by atoms with E-state index in [1.54, 1.807) is 28.4 Å². The second kappa shape index (κ2) is 43.8. The first-order valence-electron chi connectivity index (χ1n) is 43.1. The second-order valence-electron chi connectivity index (χ2n) is 45.0. The van der Waals surface area contributed by atoms with E-state index in [4.69, 9.17) is 67.0 Å². The summed E-state index contributed by atoms with van der Waals surface area (Å²) in [6.45, 7) is 94.5. The van der Waals surface area contributed by atoms with Crippen LogP contribution in [0, 0.1) is 33.1 Å². The van der Waals surface area contributed by atoms with Crippen LogP contribution in [0.25, 0.3) is 44.5 Å². The van der Waals surface area contributed by atoms with Gasteiger partial charge in [-0.3, -0.25) is 0 Å². The van der Waals surface area contributed by atoms with Gasteiger partial charge in [-0.25, -0.2) is 0 Å². The molecule has 0 saturated carbocycles. The Morgan fingerprint density at radius 3 is 0.413 bits per heavy atom. The molecule has 0 heterocycles. The standard InChI is InChI=1S/2C54H72O2P2.2CO.4ClH.2Ru/c2*1-49(2,3)35-29-39(51(7,8)9)45(40(30-35)52(10,11)12)57-47-43(33-21-25-37(55-19)26-22-33)44(34-23-27-38(56-20)28-24-34)48(47)58-46-41(53(13,14)15)31-36(50(4,5)6)32-42(46)54(16,17)18;2*1-2;;;;;;/h2*21-32H,1-20H3;;;4*1H;;/q;;;;;;;;2*+2/p-4. The van der Waals surface area contributed by atoms with Crippen molar-refractivity contribution in [2.45, 2.75) is 314 Å². The fourth-order valence-corrected chi connectivity index (χ4v) is 23.1.